The molecule has 0 aromatic heterocycles. The molecule has 0 aliphatic carbocycles. The Morgan fingerprint density at radius 2 is 2.30 bits per heavy atom. The fourth-order valence-corrected chi connectivity index (χ4v) is 3.84. The predicted octanol–water partition coefficient (Wildman–Crippen LogP) is 2.96. The molecule has 1 N–H and O–H groups in total. The Balaban J connectivity index is 1.67. The molecule has 20 heavy (non-hydrogen) atoms. The first kappa shape index (κ1) is 14.4. The smallest absolute Gasteiger partial charge is 0.127 e. The molecule has 0 saturated carbocycles. The summed E-state index contributed by atoms with van der Waals surface area (Å²) < 4.78 is 7.00. The van der Waals surface area contributed by atoms with Crippen LogP contribution in [0.5, 0.6) is 5.75 Å². The van der Waals surface area contributed by atoms with Crippen LogP contribution in [-0.4, -0.2) is 36.7 Å². The zero-order valence-corrected chi connectivity index (χ0v) is 13.9. The third kappa shape index (κ3) is 3.18. The second kappa shape index (κ2) is 6.04. The first-order chi connectivity index (χ1) is 9.61. The number of ether oxygens (including phenoxy) is 1. The van der Waals surface area contributed by atoms with Gasteiger partial charge < -0.3 is 10.1 Å². The van der Waals surface area contributed by atoms with Crippen molar-refractivity contribution in [3.05, 3.63) is 27.7 Å². The normalized spacial score (nSPS) is 22.3. The first-order valence-corrected chi connectivity index (χ1v) is 8.33. The fraction of sp³-hybridized carbons (Fsp3) is 0.625. The van der Waals surface area contributed by atoms with Gasteiger partial charge in [-0.15, -0.1) is 0 Å². The molecule has 4 heteroatoms. The van der Waals surface area contributed by atoms with E-state index in [1.165, 1.54) is 28.6 Å². The van der Waals surface area contributed by atoms with Gasteiger partial charge in [-0.1, -0.05) is 29.8 Å². The van der Waals surface area contributed by atoms with E-state index in [1.807, 2.05) is 0 Å². The molecule has 110 valence electrons. The van der Waals surface area contributed by atoms with Crippen molar-refractivity contribution in [2.24, 2.45) is 0 Å². The van der Waals surface area contributed by atoms with E-state index < -0.39 is 0 Å². The van der Waals surface area contributed by atoms with Crippen molar-refractivity contribution in [2.45, 2.75) is 45.3 Å². The highest BCUT2D eigenvalue weighted by Crippen LogP contribution is 2.34. The summed E-state index contributed by atoms with van der Waals surface area (Å²) in [6, 6.07) is 5.61. The van der Waals surface area contributed by atoms with Crippen molar-refractivity contribution in [1.82, 2.24) is 10.2 Å². The number of nitrogens with zero attached hydrogens (tertiary/aromatic N) is 1. The molecule has 2 aliphatic heterocycles. The number of rotatable bonds is 4. The molecule has 0 amide bonds. The Morgan fingerprint density at radius 1 is 1.45 bits per heavy atom. The summed E-state index contributed by atoms with van der Waals surface area (Å²) in [5, 5.41) is 3.64. The third-order valence-electron chi connectivity index (χ3n) is 4.06. The lowest BCUT2D eigenvalue weighted by molar-refractivity contribution is 0.303. The second-order valence-electron chi connectivity index (χ2n) is 6.19. The summed E-state index contributed by atoms with van der Waals surface area (Å²) in [6.45, 7) is 8.58. The zero-order chi connectivity index (χ0) is 14.1. The zero-order valence-electron chi connectivity index (χ0n) is 12.3. The van der Waals surface area contributed by atoms with Crippen molar-refractivity contribution in [3.8, 4) is 5.75 Å². The van der Waals surface area contributed by atoms with E-state index in [2.05, 4.69) is 52.1 Å². The topological polar surface area (TPSA) is 24.5 Å². The SMILES string of the molecule is CC(C)NC1CCN(Cc2cc(Br)cc3c2OCC3)C1. The van der Waals surface area contributed by atoms with Gasteiger partial charge in [0.1, 0.15) is 5.75 Å². The summed E-state index contributed by atoms with van der Waals surface area (Å²) >= 11 is 3.62. The van der Waals surface area contributed by atoms with Crippen molar-refractivity contribution >= 4 is 15.9 Å². The van der Waals surface area contributed by atoms with Crippen molar-refractivity contribution in [3.63, 3.8) is 0 Å². The first-order valence-electron chi connectivity index (χ1n) is 7.54. The Hall–Kier alpha value is -0.580. The Bertz CT molecular complexity index is 490. The van der Waals surface area contributed by atoms with Gasteiger partial charge in [-0.25, -0.2) is 0 Å². The van der Waals surface area contributed by atoms with Crippen LogP contribution in [0, 0.1) is 0 Å². The van der Waals surface area contributed by atoms with Gasteiger partial charge >= 0.3 is 0 Å². The van der Waals surface area contributed by atoms with Crippen LogP contribution in [0.1, 0.15) is 31.4 Å². The van der Waals surface area contributed by atoms with Crippen LogP contribution in [0.3, 0.4) is 0 Å². The van der Waals surface area contributed by atoms with Gasteiger partial charge in [-0.3, -0.25) is 4.90 Å². The second-order valence-corrected chi connectivity index (χ2v) is 7.11. The number of hydrogen-bond donors (Lipinski definition) is 1. The standard InChI is InChI=1S/C16H23BrN2O/c1-11(2)18-15-3-5-19(10-15)9-13-8-14(17)7-12-4-6-20-16(12)13/h7-8,11,15,18H,3-6,9-10H2,1-2H3. The average Bonchev–Trinajstić information content (AvgIpc) is 2.97. The number of likely N-dealkylation sites (tertiary alicyclic amines) is 1. The minimum Gasteiger partial charge on any atom is -0.493 e. The van der Waals surface area contributed by atoms with Gasteiger partial charge in [0, 0.05) is 48.2 Å². The Labute approximate surface area is 129 Å². The molecular formula is C16H23BrN2O. The molecule has 1 unspecified atom stereocenters. The van der Waals surface area contributed by atoms with Crippen LogP contribution < -0.4 is 10.1 Å². The van der Waals surface area contributed by atoms with Crippen molar-refractivity contribution in [1.29, 1.82) is 0 Å². The number of hydrogen-bond acceptors (Lipinski definition) is 3. The number of halogens is 1. The number of nitrogens with one attached hydrogen (secondary N) is 1. The lowest BCUT2D eigenvalue weighted by Crippen LogP contribution is -2.36. The minimum absolute atomic E-state index is 0.568. The molecule has 1 atom stereocenters. The van der Waals surface area contributed by atoms with Crippen molar-refractivity contribution < 1.29 is 4.74 Å². The van der Waals surface area contributed by atoms with Crippen LogP contribution in [-0.2, 0) is 13.0 Å². The summed E-state index contributed by atoms with van der Waals surface area (Å²) in [7, 11) is 0. The molecule has 0 bridgehead atoms. The quantitative estimate of drug-likeness (QED) is 0.913. The number of fused-ring (bicyclic) bond motifs is 1. The molecule has 1 saturated heterocycles. The highest BCUT2D eigenvalue weighted by molar-refractivity contribution is 9.10. The lowest BCUT2D eigenvalue weighted by Gasteiger charge is -2.19. The van der Waals surface area contributed by atoms with Gasteiger partial charge in [0.05, 0.1) is 6.61 Å². The van der Waals surface area contributed by atoms with Gasteiger partial charge in [-0.05, 0) is 24.1 Å². The van der Waals surface area contributed by atoms with Gasteiger partial charge in [0.2, 0.25) is 0 Å². The van der Waals surface area contributed by atoms with E-state index in [0.717, 1.165) is 31.9 Å². The maximum atomic E-state index is 5.82. The summed E-state index contributed by atoms with van der Waals surface area (Å²) in [4.78, 5) is 2.53. The van der Waals surface area contributed by atoms with Crippen LogP contribution in [0.4, 0.5) is 0 Å². The third-order valence-corrected chi connectivity index (χ3v) is 4.52. The predicted molar refractivity (Wildman–Crippen MR) is 85.3 cm³/mol. The summed E-state index contributed by atoms with van der Waals surface area (Å²) in [6.07, 6.45) is 2.29. The molecule has 0 radical (unpaired) electrons. The molecule has 3 nitrogen and oxygen atoms in total. The van der Waals surface area contributed by atoms with E-state index in [-0.39, 0.29) is 0 Å². The van der Waals surface area contributed by atoms with Gasteiger partial charge in [0.15, 0.2) is 0 Å². The van der Waals surface area contributed by atoms with E-state index in [1.54, 1.807) is 0 Å². The maximum absolute atomic E-state index is 5.82. The molecule has 1 fully saturated rings. The summed E-state index contributed by atoms with van der Waals surface area (Å²) in [5.74, 6) is 1.13. The Morgan fingerprint density at radius 3 is 3.10 bits per heavy atom. The largest absolute Gasteiger partial charge is 0.493 e. The van der Waals surface area contributed by atoms with E-state index >= 15 is 0 Å². The lowest BCUT2D eigenvalue weighted by atomic mass is 10.1. The maximum Gasteiger partial charge on any atom is 0.127 e. The highest BCUT2D eigenvalue weighted by Gasteiger charge is 2.25. The molecule has 2 heterocycles. The Kier molecular flexibility index (Phi) is 4.34. The molecule has 3 rings (SSSR count). The monoisotopic (exact) mass is 338 g/mol. The van der Waals surface area contributed by atoms with E-state index in [0.29, 0.717) is 12.1 Å². The average molecular weight is 339 g/mol. The van der Waals surface area contributed by atoms with Crippen molar-refractivity contribution in [2.75, 3.05) is 19.7 Å². The minimum atomic E-state index is 0.568. The van der Waals surface area contributed by atoms with Crippen LogP contribution in [0.25, 0.3) is 0 Å². The molecule has 1 aromatic rings. The van der Waals surface area contributed by atoms with Gasteiger partial charge in [0.25, 0.3) is 0 Å². The molecular weight excluding hydrogens is 316 g/mol. The van der Waals surface area contributed by atoms with E-state index in [4.69, 9.17) is 4.74 Å². The van der Waals surface area contributed by atoms with Crippen LogP contribution in [0.2, 0.25) is 0 Å². The van der Waals surface area contributed by atoms with E-state index in [9.17, 15) is 0 Å². The highest BCUT2D eigenvalue weighted by atomic mass is 79.9. The molecule has 0 spiro atoms. The number of benzene rings is 1. The van der Waals surface area contributed by atoms with Gasteiger partial charge in [-0.2, -0.15) is 0 Å². The fourth-order valence-electron chi connectivity index (χ4n) is 3.29. The molecule has 2 aliphatic rings. The summed E-state index contributed by atoms with van der Waals surface area (Å²) in [5.41, 5.74) is 2.68. The van der Waals surface area contributed by atoms with Crippen LogP contribution in [0.15, 0.2) is 16.6 Å². The van der Waals surface area contributed by atoms with Crippen LogP contribution >= 0.6 is 15.9 Å². The molecule has 1 aromatic carbocycles.